The van der Waals surface area contributed by atoms with E-state index in [1.165, 1.54) is 11.1 Å². The van der Waals surface area contributed by atoms with Crippen molar-refractivity contribution in [2.24, 2.45) is 0 Å². The minimum atomic E-state index is -0.0838. The first-order valence-electron chi connectivity index (χ1n) is 5.90. The number of rotatable bonds is 5. The lowest BCUT2D eigenvalue weighted by atomic mass is 10.1. The predicted molar refractivity (Wildman–Crippen MR) is 74.3 cm³/mol. The van der Waals surface area contributed by atoms with Crippen LogP contribution >= 0.6 is 15.9 Å². The van der Waals surface area contributed by atoms with Gasteiger partial charge < -0.3 is 10.6 Å². The van der Waals surface area contributed by atoms with Crippen molar-refractivity contribution in [2.45, 2.75) is 26.7 Å². The number of hydrogen-bond donors (Lipinski definition) is 2. The highest BCUT2D eigenvalue weighted by Gasteiger charge is 2.01. The normalized spacial score (nSPS) is 10.1. The predicted octanol–water partition coefficient (Wildman–Crippen LogP) is 3.01. The van der Waals surface area contributed by atoms with Crippen LogP contribution in [0, 0.1) is 6.92 Å². The van der Waals surface area contributed by atoms with Gasteiger partial charge >= 0.3 is 6.03 Å². The molecule has 0 radical (unpaired) electrons. The largest absolute Gasteiger partial charge is 0.338 e. The molecule has 2 amide bonds. The van der Waals surface area contributed by atoms with Gasteiger partial charge in [0, 0.05) is 17.6 Å². The van der Waals surface area contributed by atoms with E-state index < -0.39 is 0 Å². The van der Waals surface area contributed by atoms with Crippen molar-refractivity contribution in [1.82, 2.24) is 10.6 Å². The zero-order valence-corrected chi connectivity index (χ0v) is 11.9. The van der Waals surface area contributed by atoms with E-state index in [-0.39, 0.29) is 6.03 Å². The third-order valence-electron chi connectivity index (χ3n) is 2.53. The molecule has 4 heteroatoms. The molecule has 0 unspecified atom stereocenters. The lowest BCUT2D eigenvalue weighted by molar-refractivity contribution is 0.241. The summed E-state index contributed by atoms with van der Waals surface area (Å²) < 4.78 is 1.08. The Bertz CT molecular complexity index is 380. The Balaban J connectivity index is 2.35. The lowest BCUT2D eigenvalue weighted by Crippen LogP contribution is -2.36. The minimum absolute atomic E-state index is 0.0838. The minimum Gasteiger partial charge on any atom is -0.338 e. The van der Waals surface area contributed by atoms with Crippen LogP contribution < -0.4 is 10.6 Å². The molecule has 0 saturated heterocycles. The van der Waals surface area contributed by atoms with Crippen molar-refractivity contribution in [1.29, 1.82) is 0 Å². The highest BCUT2D eigenvalue weighted by molar-refractivity contribution is 9.10. The third kappa shape index (κ3) is 5.22. The van der Waals surface area contributed by atoms with Crippen LogP contribution in [0.25, 0.3) is 0 Å². The highest BCUT2D eigenvalue weighted by atomic mass is 79.9. The van der Waals surface area contributed by atoms with Gasteiger partial charge in [-0.1, -0.05) is 28.9 Å². The molecule has 0 spiro atoms. The number of aryl methyl sites for hydroxylation is 1. The van der Waals surface area contributed by atoms with Gasteiger partial charge in [-0.25, -0.2) is 4.79 Å². The maximum Gasteiger partial charge on any atom is 0.314 e. The molecule has 1 aromatic carbocycles. The second-order valence-corrected chi connectivity index (χ2v) is 4.92. The second kappa shape index (κ2) is 7.33. The number of halogens is 1. The van der Waals surface area contributed by atoms with Crippen molar-refractivity contribution in [3.8, 4) is 0 Å². The molecule has 0 aliphatic carbocycles. The third-order valence-corrected chi connectivity index (χ3v) is 3.02. The van der Waals surface area contributed by atoms with Gasteiger partial charge in [0.15, 0.2) is 0 Å². The van der Waals surface area contributed by atoms with Crippen molar-refractivity contribution in [3.63, 3.8) is 0 Å². The maximum absolute atomic E-state index is 11.3. The number of benzene rings is 1. The SMILES string of the molecule is CCCNC(=O)NCCc1cc(Br)ccc1C. The molecule has 17 heavy (non-hydrogen) atoms. The quantitative estimate of drug-likeness (QED) is 0.862. The highest BCUT2D eigenvalue weighted by Crippen LogP contribution is 2.16. The average Bonchev–Trinajstić information content (AvgIpc) is 2.31. The summed E-state index contributed by atoms with van der Waals surface area (Å²) in [5.41, 5.74) is 2.51. The van der Waals surface area contributed by atoms with Crippen LogP contribution in [0.4, 0.5) is 4.79 Å². The van der Waals surface area contributed by atoms with Gasteiger partial charge in [0.25, 0.3) is 0 Å². The molecular weight excluding hydrogens is 280 g/mol. The van der Waals surface area contributed by atoms with E-state index >= 15 is 0 Å². The van der Waals surface area contributed by atoms with E-state index in [1.54, 1.807) is 0 Å². The standard InChI is InChI=1S/C13H19BrN2O/c1-3-7-15-13(17)16-8-6-11-9-12(14)5-4-10(11)2/h4-5,9H,3,6-8H2,1-2H3,(H2,15,16,17). The van der Waals surface area contributed by atoms with Crippen LogP contribution in [0.2, 0.25) is 0 Å². The van der Waals surface area contributed by atoms with E-state index in [1.807, 2.05) is 13.0 Å². The number of carbonyl (C=O) groups excluding carboxylic acids is 1. The molecule has 0 aliphatic heterocycles. The van der Waals surface area contributed by atoms with E-state index in [0.717, 1.165) is 23.9 Å². The number of urea groups is 1. The molecule has 3 nitrogen and oxygen atoms in total. The van der Waals surface area contributed by atoms with Gasteiger partial charge in [0.1, 0.15) is 0 Å². The lowest BCUT2D eigenvalue weighted by Gasteiger charge is -2.09. The van der Waals surface area contributed by atoms with Crippen LogP contribution in [0.15, 0.2) is 22.7 Å². The average molecular weight is 299 g/mol. The number of amides is 2. The summed E-state index contributed by atoms with van der Waals surface area (Å²) >= 11 is 3.45. The molecule has 2 N–H and O–H groups in total. The van der Waals surface area contributed by atoms with E-state index in [2.05, 4.69) is 45.6 Å². The van der Waals surface area contributed by atoms with Crippen LogP contribution in [0.3, 0.4) is 0 Å². The Morgan fingerprint density at radius 3 is 2.71 bits per heavy atom. The van der Waals surface area contributed by atoms with Crippen molar-refractivity contribution >= 4 is 22.0 Å². The molecule has 0 bridgehead atoms. The Kier molecular flexibility index (Phi) is 6.05. The second-order valence-electron chi connectivity index (χ2n) is 4.00. The summed E-state index contributed by atoms with van der Waals surface area (Å²) in [5, 5.41) is 5.63. The zero-order chi connectivity index (χ0) is 12.7. The molecule has 1 rings (SSSR count). The van der Waals surface area contributed by atoms with Gasteiger partial charge in [-0.15, -0.1) is 0 Å². The van der Waals surface area contributed by atoms with Gasteiger partial charge in [0.05, 0.1) is 0 Å². The molecule has 0 heterocycles. The Labute approximate surface area is 111 Å². The Hall–Kier alpha value is -1.03. The van der Waals surface area contributed by atoms with Gasteiger partial charge in [-0.3, -0.25) is 0 Å². The Morgan fingerprint density at radius 2 is 2.00 bits per heavy atom. The first kappa shape index (κ1) is 14.0. The van der Waals surface area contributed by atoms with E-state index in [0.29, 0.717) is 6.54 Å². The summed E-state index contributed by atoms with van der Waals surface area (Å²) in [6, 6.07) is 6.12. The maximum atomic E-state index is 11.3. The molecule has 0 fully saturated rings. The number of nitrogens with one attached hydrogen (secondary N) is 2. The van der Waals surface area contributed by atoms with Crippen LogP contribution in [0.5, 0.6) is 0 Å². The summed E-state index contributed by atoms with van der Waals surface area (Å²) in [7, 11) is 0. The van der Waals surface area contributed by atoms with Crippen molar-refractivity contribution in [2.75, 3.05) is 13.1 Å². The molecule has 94 valence electrons. The van der Waals surface area contributed by atoms with Crippen molar-refractivity contribution in [3.05, 3.63) is 33.8 Å². The molecular formula is C13H19BrN2O. The monoisotopic (exact) mass is 298 g/mol. The van der Waals surface area contributed by atoms with Crippen LogP contribution in [-0.4, -0.2) is 19.1 Å². The molecule has 0 aromatic heterocycles. The Morgan fingerprint density at radius 1 is 1.29 bits per heavy atom. The fourth-order valence-corrected chi connectivity index (χ4v) is 1.93. The number of hydrogen-bond acceptors (Lipinski definition) is 1. The molecule has 1 aromatic rings. The fraction of sp³-hybridized carbons (Fsp3) is 0.462. The van der Waals surface area contributed by atoms with Gasteiger partial charge in [-0.2, -0.15) is 0 Å². The summed E-state index contributed by atoms with van der Waals surface area (Å²) in [4.78, 5) is 11.3. The number of carbonyl (C=O) groups is 1. The van der Waals surface area contributed by atoms with Crippen molar-refractivity contribution < 1.29 is 4.79 Å². The zero-order valence-electron chi connectivity index (χ0n) is 10.3. The smallest absolute Gasteiger partial charge is 0.314 e. The van der Waals surface area contributed by atoms with Crippen LogP contribution in [-0.2, 0) is 6.42 Å². The summed E-state index contributed by atoms with van der Waals surface area (Å²) in [6.07, 6.45) is 1.81. The van der Waals surface area contributed by atoms with Gasteiger partial charge in [0.2, 0.25) is 0 Å². The topological polar surface area (TPSA) is 41.1 Å². The first-order valence-corrected chi connectivity index (χ1v) is 6.69. The fourth-order valence-electron chi connectivity index (χ4n) is 1.52. The molecule has 0 saturated carbocycles. The van der Waals surface area contributed by atoms with Crippen LogP contribution in [0.1, 0.15) is 24.5 Å². The molecule has 0 aliphatic rings. The summed E-state index contributed by atoms with van der Waals surface area (Å²) in [5.74, 6) is 0. The van der Waals surface area contributed by atoms with Gasteiger partial charge in [-0.05, 0) is 43.0 Å². The first-order chi connectivity index (χ1) is 8.13. The van der Waals surface area contributed by atoms with E-state index in [9.17, 15) is 4.79 Å². The summed E-state index contributed by atoms with van der Waals surface area (Å²) in [6.45, 7) is 5.50. The molecule has 0 atom stereocenters. The van der Waals surface area contributed by atoms with E-state index in [4.69, 9.17) is 0 Å².